The van der Waals surface area contributed by atoms with Crippen LogP contribution in [0.2, 0.25) is 0 Å². The van der Waals surface area contributed by atoms with Crippen LogP contribution in [-0.2, 0) is 4.79 Å². The van der Waals surface area contributed by atoms with Gasteiger partial charge in [-0.1, -0.05) is 6.07 Å². The summed E-state index contributed by atoms with van der Waals surface area (Å²) in [6, 6.07) is 5.99. The number of anilines is 1. The number of aromatic hydroxyl groups is 1. The summed E-state index contributed by atoms with van der Waals surface area (Å²) in [5, 5.41) is 21.2. The van der Waals surface area contributed by atoms with Gasteiger partial charge in [0, 0.05) is 24.8 Å². The molecule has 6 heteroatoms. The van der Waals surface area contributed by atoms with Crippen LogP contribution in [0.3, 0.4) is 0 Å². The van der Waals surface area contributed by atoms with Crippen molar-refractivity contribution in [2.45, 2.75) is 25.3 Å². The van der Waals surface area contributed by atoms with Gasteiger partial charge in [0.25, 0.3) is 0 Å². The number of carboxylic acids is 1. The molecule has 3 N–H and O–H groups in total. The maximum absolute atomic E-state index is 12.1. The molecule has 0 heterocycles. The first-order valence-electron chi connectivity index (χ1n) is 6.53. The van der Waals surface area contributed by atoms with E-state index in [4.69, 9.17) is 5.11 Å². The average Bonchev–Trinajstić information content (AvgIpc) is 2.86. The van der Waals surface area contributed by atoms with Gasteiger partial charge in [-0.2, -0.15) is 0 Å². The molecule has 2 atom stereocenters. The lowest BCUT2D eigenvalue weighted by Crippen LogP contribution is -2.42. The Balaban J connectivity index is 1.94. The highest BCUT2D eigenvalue weighted by molar-refractivity contribution is 5.91. The molecule has 2 amide bonds. The van der Waals surface area contributed by atoms with E-state index in [0.717, 1.165) is 0 Å². The number of urea groups is 1. The molecule has 0 aliphatic heterocycles. The number of carboxylic acid groups (broad SMARTS) is 1. The smallest absolute Gasteiger partial charge is 0.321 e. The molecule has 1 fully saturated rings. The van der Waals surface area contributed by atoms with E-state index < -0.39 is 5.97 Å². The second kappa shape index (κ2) is 5.81. The maximum atomic E-state index is 12.1. The molecule has 2 unspecified atom stereocenters. The van der Waals surface area contributed by atoms with Crippen molar-refractivity contribution < 1.29 is 19.8 Å². The van der Waals surface area contributed by atoms with E-state index in [2.05, 4.69) is 5.32 Å². The van der Waals surface area contributed by atoms with Crippen LogP contribution < -0.4 is 10.2 Å². The number of nitrogens with zero attached hydrogens (tertiary/aromatic N) is 1. The van der Waals surface area contributed by atoms with Crippen LogP contribution in [-0.4, -0.2) is 35.3 Å². The Morgan fingerprint density at radius 2 is 2.10 bits per heavy atom. The van der Waals surface area contributed by atoms with Crippen molar-refractivity contribution in [2.75, 3.05) is 11.9 Å². The molecular weight excluding hydrogens is 260 g/mol. The van der Waals surface area contributed by atoms with E-state index in [0.29, 0.717) is 24.9 Å². The number of carbonyl (C=O) groups excluding carboxylic acids is 1. The largest absolute Gasteiger partial charge is 0.508 e. The number of nitrogens with one attached hydrogen (secondary N) is 1. The molecule has 1 aromatic carbocycles. The van der Waals surface area contributed by atoms with Gasteiger partial charge in [-0.25, -0.2) is 4.79 Å². The number of hydrogen-bond acceptors (Lipinski definition) is 3. The summed E-state index contributed by atoms with van der Waals surface area (Å²) in [5.74, 6) is -1.08. The summed E-state index contributed by atoms with van der Waals surface area (Å²) in [7, 11) is 1.60. The van der Waals surface area contributed by atoms with Crippen LogP contribution in [0.15, 0.2) is 24.3 Å². The number of aliphatic carboxylic acids is 1. The maximum Gasteiger partial charge on any atom is 0.321 e. The molecule has 6 nitrogen and oxygen atoms in total. The Labute approximate surface area is 117 Å². The van der Waals surface area contributed by atoms with Gasteiger partial charge in [-0.15, -0.1) is 0 Å². The van der Waals surface area contributed by atoms with Crippen molar-refractivity contribution in [3.63, 3.8) is 0 Å². The van der Waals surface area contributed by atoms with E-state index in [1.807, 2.05) is 0 Å². The second-order valence-electron chi connectivity index (χ2n) is 5.07. The van der Waals surface area contributed by atoms with E-state index in [9.17, 15) is 14.7 Å². The zero-order valence-electron chi connectivity index (χ0n) is 11.2. The van der Waals surface area contributed by atoms with Crippen LogP contribution in [0.4, 0.5) is 10.5 Å². The van der Waals surface area contributed by atoms with Gasteiger partial charge in [-0.3, -0.25) is 9.69 Å². The minimum atomic E-state index is -0.803. The number of carbonyl (C=O) groups is 2. The number of benzene rings is 1. The Kier molecular flexibility index (Phi) is 4.12. The van der Waals surface area contributed by atoms with Gasteiger partial charge >= 0.3 is 12.0 Å². The summed E-state index contributed by atoms with van der Waals surface area (Å²) in [4.78, 5) is 24.3. The molecular formula is C14H18N2O4. The Bertz CT molecular complexity index is 518. The number of amides is 2. The summed E-state index contributed by atoms with van der Waals surface area (Å²) < 4.78 is 0. The Morgan fingerprint density at radius 1 is 1.35 bits per heavy atom. The van der Waals surface area contributed by atoms with E-state index in [-0.39, 0.29) is 23.7 Å². The zero-order valence-corrected chi connectivity index (χ0v) is 11.2. The molecule has 2 rings (SSSR count). The average molecular weight is 278 g/mol. The van der Waals surface area contributed by atoms with Gasteiger partial charge in [0.15, 0.2) is 0 Å². The molecule has 20 heavy (non-hydrogen) atoms. The fraction of sp³-hybridized carbons (Fsp3) is 0.429. The fourth-order valence-electron chi connectivity index (χ4n) is 2.43. The van der Waals surface area contributed by atoms with Crippen molar-refractivity contribution in [2.24, 2.45) is 5.92 Å². The van der Waals surface area contributed by atoms with Gasteiger partial charge in [0.2, 0.25) is 0 Å². The van der Waals surface area contributed by atoms with Crippen LogP contribution in [0, 0.1) is 5.92 Å². The molecule has 1 aliphatic rings. The number of phenolic OH excluding ortho intramolecular Hbond substituents is 1. The van der Waals surface area contributed by atoms with Gasteiger partial charge in [0.05, 0.1) is 5.92 Å². The highest BCUT2D eigenvalue weighted by Crippen LogP contribution is 2.26. The van der Waals surface area contributed by atoms with Crippen molar-refractivity contribution in [1.29, 1.82) is 0 Å². The monoisotopic (exact) mass is 278 g/mol. The Hall–Kier alpha value is -2.24. The van der Waals surface area contributed by atoms with E-state index >= 15 is 0 Å². The molecule has 1 aliphatic carbocycles. The Morgan fingerprint density at radius 3 is 2.70 bits per heavy atom. The van der Waals surface area contributed by atoms with Crippen LogP contribution >= 0.6 is 0 Å². The summed E-state index contributed by atoms with van der Waals surface area (Å²) in [6.45, 7) is 0. The minimum absolute atomic E-state index is 0.0916. The molecule has 0 bridgehead atoms. The quantitative estimate of drug-likeness (QED) is 0.786. The first-order valence-corrected chi connectivity index (χ1v) is 6.53. The SMILES string of the molecule is CN(C(=O)NC1CCC(C(=O)O)C1)c1cccc(O)c1. The number of rotatable bonds is 3. The number of phenols is 1. The highest BCUT2D eigenvalue weighted by atomic mass is 16.4. The highest BCUT2D eigenvalue weighted by Gasteiger charge is 2.31. The molecule has 108 valence electrons. The second-order valence-corrected chi connectivity index (χ2v) is 5.07. The lowest BCUT2D eigenvalue weighted by Gasteiger charge is -2.21. The zero-order chi connectivity index (χ0) is 14.7. The standard InChI is InChI=1S/C14H18N2O4/c1-16(11-3-2-4-12(17)8-11)14(20)15-10-6-5-9(7-10)13(18)19/h2-4,8-10,17H,5-7H2,1H3,(H,15,20)(H,18,19). The molecule has 0 saturated heterocycles. The number of hydrogen-bond donors (Lipinski definition) is 3. The van der Waals surface area contributed by atoms with Crippen molar-refractivity contribution >= 4 is 17.7 Å². The summed E-state index contributed by atoms with van der Waals surface area (Å²) >= 11 is 0. The molecule has 0 aromatic heterocycles. The van der Waals surface area contributed by atoms with Crippen molar-refractivity contribution in [1.82, 2.24) is 5.32 Å². The van der Waals surface area contributed by atoms with E-state index in [1.165, 1.54) is 17.0 Å². The summed E-state index contributed by atoms with van der Waals surface area (Å²) in [6.07, 6.45) is 1.74. The van der Waals surface area contributed by atoms with Crippen molar-refractivity contribution in [3.8, 4) is 5.75 Å². The topological polar surface area (TPSA) is 89.9 Å². The predicted octanol–water partition coefficient (Wildman–Crippen LogP) is 1.79. The van der Waals surface area contributed by atoms with Gasteiger partial charge in [0.1, 0.15) is 5.75 Å². The van der Waals surface area contributed by atoms with Gasteiger partial charge < -0.3 is 15.5 Å². The third-order valence-corrected chi connectivity index (χ3v) is 3.63. The van der Waals surface area contributed by atoms with E-state index in [1.54, 1.807) is 19.2 Å². The van der Waals surface area contributed by atoms with Crippen LogP contribution in [0.5, 0.6) is 5.75 Å². The molecule has 0 spiro atoms. The van der Waals surface area contributed by atoms with Crippen LogP contribution in [0.25, 0.3) is 0 Å². The first-order chi connectivity index (χ1) is 9.47. The minimum Gasteiger partial charge on any atom is -0.508 e. The molecule has 1 aromatic rings. The van der Waals surface area contributed by atoms with Crippen molar-refractivity contribution in [3.05, 3.63) is 24.3 Å². The third kappa shape index (κ3) is 3.20. The van der Waals surface area contributed by atoms with Crippen LogP contribution in [0.1, 0.15) is 19.3 Å². The third-order valence-electron chi connectivity index (χ3n) is 3.63. The van der Waals surface area contributed by atoms with Gasteiger partial charge in [-0.05, 0) is 31.4 Å². The first kappa shape index (κ1) is 14.2. The summed E-state index contributed by atoms with van der Waals surface area (Å²) in [5.41, 5.74) is 0.579. The lowest BCUT2D eigenvalue weighted by molar-refractivity contribution is -0.141. The predicted molar refractivity (Wildman–Crippen MR) is 73.8 cm³/mol. The normalized spacial score (nSPS) is 21.4. The fourth-order valence-corrected chi connectivity index (χ4v) is 2.43. The molecule has 0 radical (unpaired) electrons. The molecule has 1 saturated carbocycles. The lowest BCUT2D eigenvalue weighted by atomic mass is 10.1.